The van der Waals surface area contributed by atoms with Gasteiger partial charge in [0.15, 0.2) is 5.75 Å². The van der Waals surface area contributed by atoms with Crippen molar-refractivity contribution in [2.24, 2.45) is 0 Å². The first kappa shape index (κ1) is 14.7. The molecule has 0 fully saturated rings. The highest BCUT2D eigenvalue weighted by Gasteiger charge is 2.19. The number of nitro benzene ring substituents is 1. The molecule has 0 atom stereocenters. The Kier molecular flexibility index (Phi) is 5.88. The highest BCUT2D eigenvalue weighted by molar-refractivity contribution is 6.32. The second-order valence-corrected chi connectivity index (χ2v) is 4.13. The molecule has 0 aliphatic carbocycles. The Morgan fingerprint density at radius 1 is 1.39 bits per heavy atom. The van der Waals surface area contributed by atoms with Crippen molar-refractivity contribution in [3.05, 3.63) is 33.3 Å². The summed E-state index contributed by atoms with van der Waals surface area (Å²) in [5.41, 5.74) is -0.168. The van der Waals surface area contributed by atoms with Gasteiger partial charge in [0.05, 0.1) is 4.92 Å². The van der Waals surface area contributed by atoms with Gasteiger partial charge in [-0.3, -0.25) is 10.1 Å². The van der Waals surface area contributed by atoms with E-state index < -0.39 is 4.92 Å². The largest absolute Gasteiger partial charge is 0.485 e. The van der Waals surface area contributed by atoms with Gasteiger partial charge in [0.1, 0.15) is 11.6 Å². The van der Waals surface area contributed by atoms with Gasteiger partial charge in [0.25, 0.3) is 0 Å². The number of nitrogens with zero attached hydrogens (tertiary/aromatic N) is 2. The first-order chi connectivity index (χ1) is 8.60. The number of likely N-dealkylation sites (N-methyl/N-ethyl adjacent to an activating group) is 1. The minimum absolute atomic E-state index is 0.0975. The van der Waals surface area contributed by atoms with Crippen LogP contribution in [0.3, 0.4) is 0 Å². The van der Waals surface area contributed by atoms with Crippen LogP contribution in [0.5, 0.6) is 5.75 Å². The van der Waals surface area contributed by atoms with E-state index in [1.165, 1.54) is 6.07 Å². The molecule has 0 radical (unpaired) electrons. The van der Waals surface area contributed by atoms with Crippen LogP contribution in [0.2, 0.25) is 5.02 Å². The van der Waals surface area contributed by atoms with Crippen molar-refractivity contribution in [2.75, 3.05) is 26.2 Å². The van der Waals surface area contributed by atoms with E-state index in [0.717, 1.165) is 19.6 Å². The predicted molar refractivity (Wildman–Crippen MR) is 71.4 cm³/mol. The maximum Gasteiger partial charge on any atom is 0.329 e. The molecular weight excluding hydrogens is 256 g/mol. The van der Waals surface area contributed by atoms with Crippen molar-refractivity contribution < 1.29 is 9.66 Å². The SMILES string of the molecule is CCN(CC)CCOc1cccc(Cl)c1[N+](=O)[O-]. The van der Waals surface area contributed by atoms with Crippen LogP contribution < -0.4 is 4.74 Å². The minimum atomic E-state index is -0.519. The lowest BCUT2D eigenvalue weighted by molar-refractivity contribution is -0.385. The van der Waals surface area contributed by atoms with Gasteiger partial charge in [0, 0.05) is 6.54 Å². The normalized spacial score (nSPS) is 10.7. The van der Waals surface area contributed by atoms with Crippen LogP contribution in [0.4, 0.5) is 5.69 Å². The van der Waals surface area contributed by atoms with Gasteiger partial charge in [-0.25, -0.2) is 0 Å². The van der Waals surface area contributed by atoms with E-state index in [1.807, 2.05) is 0 Å². The van der Waals surface area contributed by atoms with Crippen molar-refractivity contribution in [1.82, 2.24) is 4.90 Å². The standard InChI is InChI=1S/C12H17ClN2O3/c1-3-14(4-2)8-9-18-11-7-5-6-10(13)12(11)15(16)17/h5-7H,3-4,8-9H2,1-2H3. The molecule has 18 heavy (non-hydrogen) atoms. The van der Waals surface area contributed by atoms with Gasteiger partial charge in [-0.05, 0) is 25.2 Å². The lowest BCUT2D eigenvalue weighted by Gasteiger charge is -2.17. The fraction of sp³-hybridized carbons (Fsp3) is 0.500. The van der Waals surface area contributed by atoms with Crippen LogP contribution in [0, 0.1) is 10.1 Å². The predicted octanol–water partition coefficient (Wildman–Crippen LogP) is 2.97. The third-order valence-electron chi connectivity index (χ3n) is 2.69. The van der Waals surface area contributed by atoms with Gasteiger partial charge < -0.3 is 9.64 Å². The summed E-state index contributed by atoms with van der Waals surface area (Å²) in [6.45, 7) is 7.12. The summed E-state index contributed by atoms with van der Waals surface area (Å²) in [6, 6.07) is 4.69. The zero-order valence-electron chi connectivity index (χ0n) is 10.6. The zero-order chi connectivity index (χ0) is 13.5. The Hall–Kier alpha value is -1.33. The number of rotatable bonds is 7. The van der Waals surface area contributed by atoms with E-state index in [4.69, 9.17) is 16.3 Å². The Balaban J connectivity index is 2.67. The van der Waals surface area contributed by atoms with Crippen LogP contribution in [-0.4, -0.2) is 36.1 Å². The second-order valence-electron chi connectivity index (χ2n) is 3.72. The Morgan fingerprint density at radius 2 is 2.06 bits per heavy atom. The Bertz CT molecular complexity index is 408. The summed E-state index contributed by atoms with van der Waals surface area (Å²) in [6.07, 6.45) is 0. The fourth-order valence-corrected chi connectivity index (χ4v) is 1.85. The first-order valence-electron chi connectivity index (χ1n) is 5.88. The number of nitro groups is 1. The van der Waals surface area contributed by atoms with E-state index in [9.17, 15) is 10.1 Å². The molecule has 100 valence electrons. The van der Waals surface area contributed by atoms with Gasteiger partial charge in [-0.15, -0.1) is 0 Å². The summed E-state index contributed by atoms with van der Waals surface area (Å²) in [4.78, 5) is 12.5. The van der Waals surface area contributed by atoms with Gasteiger partial charge >= 0.3 is 5.69 Å². The molecule has 0 N–H and O–H groups in total. The highest BCUT2D eigenvalue weighted by atomic mass is 35.5. The van der Waals surface area contributed by atoms with Crippen LogP contribution in [0.25, 0.3) is 0 Å². The Morgan fingerprint density at radius 3 is 2.61 bits per heavy atom. The van der Waals surface area contributed by atoms with E-state index >= 15 is 0 Å². The molecule has 0 spiro atoms. The average Bonchev–Trinajstić information content (AvgIpc) is 2.34. The molecular formula is C12H17ClN2O3. The summed E-state index contributed by atoms with van der Waals surface area (Å²) in [5.74, 6) is 0.222. The van der Waals surface area contributed by atoms with E-state index in [1.54, 1.807) is 12.1 Å². The third kappa shape index (κ3) is 3.85. The molecule has 5 nitrogen and oxygen atoms in total. The summed E-state index contributed by atoms with van der Waals surface area (Å²) in [5, 5.41) is 11.0. The zero-order valence-corrected chi connectivity index (χ0v) is 11.3. The summed E-state index contributed by atoms with van der Waals surface area (Å²) in [7, 11) is 0. The quantitative estimate of drug-likeness (QED) is 0.566. The number of para-hydroxylation sites is 1. The molecule has 1 aromatic rings. The molecule has 0 saturated heterocycles. The van der Waals surface area contributed by atoms with Gasteiger partial charge in [-0.1, -0.05) is 31.5 Å². The second kappa shape index (κ2) is 7.18. The molecule has 0 saturated carbocycles. The monoisotopic (exact) mass is 272 g/mol. The smallest absolute Gasteiger partial charge is 0.329 e. The molecule has 0 heterocycles. The fourth-order valence-electron chi connectivity index (χ4n) is 1.61. The molecule has 0 aliphatic heterocycles. The first-order valence-corrected chi connectivity index (χ1v) is 6.26. The maximum absolute atomic E-state index is 10.9. The highest BCUT2D eigenvalue weighted by Crippen LogP contribution is 2.33. The molecule has 0 amide bonds. The van der Waals surface area contributed by atoms with E-state index in [-0.39, 0.29) is 16.5 Å². The van der Waals surface area contributed by atoms with Crippen LogP contribution in [0.15, 0.2) is 18.2 Å². The van der Waals surface area contributed by atoms with Crippen LogP contribution in [-0.2, 0) is 0 Å². The number of hydrogen-bond donors (Lipinski definition) is 0. The maximum atomic E-state index is 10.9. The molecule has 0 unspecified atom stereocenters. The number of halogens is 1. The van der Waals surface area contributed by atoms with E-state index in [0.29, 0.717) is 6.61 Å². The lowest BCUT2D eigenvalue weighted by atomic mass is 10.3. The van der Waals surface area contributed by atoms with Crippen molar-refractivity contribution in [3.8, 4) is 5.75 Å². The summed E-state index contributed by atoms with van der Waals surface area (Å²) < 4.78 is 5.45. The average molecular weight is 273 g/mol. The van der Waals surface area contributed by atoms with Crippen molar-refractivity contribution >= 4 is 17.3 Å². The van der Waals surface area contributed by atoms with Crippen molar-refractivity contribution in [2.45, 2.75) is 13.8 Å². The van der Waals surface area contributed by atoms with Crippen LogP contribution >= 0.6 is 11.6 Å². The molecule has 0 aliphatic rings. The number of ether oxygens (including phenoxy) is 1. The lowest BCUT2D eigenvalue weighted by Crippen LogP contribution is -2.28. The van der Waals surface area contributed by atoms with Gasteiger partial charge in [0.2, 0.25) is 0 Å². The van der Waals surface area contributed by atoms with Gasteiger partial charge in [-0.2, -0.15) is 0 Å². The molecule has 1 aromatic carbocycles. The number of hydrogen-bond acceptors (Lipinski definition) is 4. The summed E-state index contributed by atoms with van der Waals surface area (Å²) >= 11 is 5.79. The molecule has 0 aromatic heterocycles. The molecule has 0 bridgehead atoms. The molecule has 1 rings (SSSR count). The van der Waals surface area contributed by atoms with Crippen LogP contribution in [0.1, 0.15) is 13.8 Å². The van der Waals surface area contributed by atoms with Crippen molar-refractivity contribution in [3.63, 3.8) is 0 Å². The van der Waals surface area contributed by atoms with Crippen molar-refractivity contribution in [1.29, 1.82) is 0 Å². The van der Waals surface area contributed by atoms with E-state index in [2.05, 4.69) is 18.7 Å². The third-order valence-corrected chi connectivity index (χ3v) is 3.00. The number of benzene rings is 1. The minimum Gasteiger partial charge on any atom is -0.485 e. The Labute approximate surface area is 111 Å². The molecule has 6 heteroatoms. The topological polar surface area (TPSA) is 55.6 Å².